The van der Waals surface area contributed by atoms with Crippen molar-refractivity contribution in [2.45, 2.75) is 19.9 Å². The van der Waals surface area contributed by atoms with E-state index >= 15 is 0 Å². The number of nitrogens with zero attached hydrogens (tertiary/aromatic N) is 3. The van der Waals surface area contributed by atoms with Gasteiger partial charge in [-0.1, -0.05) is 0 Å². The van der Waals surface area contributed by atoms with Gasteiger partial charge in [0.2, 0.25) is 0 Å². The molecule has 100 valence electrons. The molecule has 18 heavy (non-hydrogen) atoms. The van der Waals surface area contributed by atoms with Crippen molar-refractivity contribution in [2.24, 2.45) is 5.73 Å². The molecule has 0 fully saturated rings. The first-order chi connectivity index (χ1) is 8.47. The minimum atomic E-state index is 0.0149. The van der Waals surface area contributed by atoms with E-state index in [0.29, 0.717) is 11.7 Å². The Balaban J connectivity index is 3.05. The van der Waals surface area contributed by atoms with Crippen molar-refractivity contribution in [3.05, 3.63) is 24.0 Å². The normalized spacial score (nSPS) is 12.5. The van der Waals surface area contributed by atoms with E-state index in [9.17, 15) is 0 Å². The summed E-state index contributed by atoms with van der Waals surface area (Å²) >= 11 is 0. The zero-order valence-corrected chi connectivity index (χ0v) is 11.6. The predicted octanol–water partition coefficient (Wildman–Crippen LogP) is 1.14. The SMILES string of the molecule is CCN(c1cccnc1C(=N)N)C(C)CN(C)C. The average Bonchev–Trinajstić information content (AvgIpc) is 2.29. The third-order valence-corrected chi connectivity index (χ3v) is 2.85. The minimum absolute atomic E-state index is 0.0149. The Morgan fingerprint density at radius 3 is 2.67 bits per heavy atom. The van der Waals surface area contributed by atoms with Gasteiger partial charge in [0.15, 0.2) is 0 Å². The molecule has 1 rings (SSSR count). The molecule has 0 radical (unpaired) electrons. The molecule has 5 heteroatoms. The van der Waals surface area contributed by atoms with Crippen molar-refractivity contribution in [3.63, 3.8) is 0 Å². The van der Waals surface area contributed by atoms with Crippen molar-refractivity contribution in [2.75, 3.05) is 32.1 Å². The van der Waals surface area contributed by atoms with Crippen LogP contribution in [-0.4, -0.2) is 48.9 Å². The fraction of sp³-hybridized carbons (Fsp3) is 0.538. The van der Waals surface area contributed by atoms with Gasteiger partial charge in [0.25, 0.3) is 0 Å². The molecule has 0 aliphatic rings. The minimum Gasteiger partial charge on any atom is -0.382 e. The largest absolute Gasteiger partial charge is 0.382 e. The molecule has 0 bridgehead atoms. The van der Waals surface area contributed by atoms with Gasteiger partial charge in [-0.25, -0.2) is 0 Å². The highest BCUT2D eigenvalue weighted by Crippen LogP contribution is 2.20. The van der Waals surface area contributed by atoms with Crippen LogP contribution in [0.1, 0.15) is 19.5 Å². The van der Waals surface area contributed by atoms with Crippen molar-refractivity contribution in [1.29, 1.82) is 5.41 Å². The van der Waals surface area contributed by atoms with E-state index in [0.717, 1.165) is 18.8 Å². The number of rotatable bonds is 6. The van der Waals surface area contributed by atoms with Gasteiger partial charge in [-0.3, -0.25) is 10.4 Å². The first-order valence-electron chi connectivity index (χ1n) is 6.18. The number of hydrogen-bond acceptors (Lipinski definition) is 4. The molecule has 1 aromatic rings. The third-order valence-electron chi connectivity index (χ3n) is 2.85. The molecule has 0 aliphatic heterocycles. The molecule has 0 aliphatic carbocycles. The van der Waals surface area contributed by atoms with Gasteiger partial charge in [0, 0.05) is 25.3 Å². The molecular formula is C13H23N5. The maximum absolute atomic E-state index is 7.61. The lowest BCUT2D eigenvalue weighted by atomic mass is 10.2. The standard InChI is InChI=1S/C13H23N5/c1-5-18(10(2)9-17(3)4)11-7-6-8-16-12(11)13(14)15/h6-8,10H,5,9H2,1-4H3,(H3,14,15). The summed E-state index contributed by atoms with van der Waals surface area (Å²) in [7, 11) is 4.11. The Morgan fingerprint density at radius 1 is 1.50 bits per heavy atom. The van der Waals surface area contributed by atoms with Crippen LogP contribution in [0.15, 0.2) is 18.3 Å². The molecule has 0 saturated heterocycles. The Bertz CT molecular complexity index is 402. The van der Waals surface area contributed by atoms with Gasteiger partial charge >= 0.3 is 0 Å². The van der Waals surface area contributed by atoms with Crippen molar-refractivity contribution >= 4 is 11.5 Å². The Morgan fingerprint density at radius 2 is 2.17 bits per heavy atom. The number of hydrogen-bond donors (Lipinski definition) is 2. The number of amidine groups is 1. The van der Waals surface area contributed by atoms with Crippen molar-refractivity contribution in [3.8, 4) is 0 Å². The first kappa shape index (κ1) is 14.4. The summed E-state index contributed by atoms with van der Waals surface area (Å²) in [6.45, 7) is 6.07. The van der Waals surface area contributed by atoms with Gasteiger partial charge in [0.05, 0.1) is 5.69 Å². The molecule has 1 heterocycles. The van der Waals surface area contributed by atoms with Crippen LogP contribution in [0.4, 0.5) is 5.69 Å². The van der Waals surface area contributed by atoms with Crippen LogP contribution < -0.4 is 10.6 Å². The third kappa shape index (κ3) is 3.43. The van der Waals surface area contributed by atoms with Crippen LogP contribution in [0.3, 0.4) is 0 Å². The van der Waals surface area contributed by atoms with Gasteiger partial charge in [-0.15, -0.1) is 0 Å². The molecular weight excluding hydrogens is 226 g/mol. The quantitative estimate of drug-likeness (QED) is 0.586. The molecule has 3 N–H and O–H groups in total. The highest BCUT2D eigenvalue weighted by molar-refractivity contribution is 5.98. The molecule has 0 spiro atoms. The van der Waals surface area contributed by atoms with E-state index in [4.69, 9.17) is 11.1 Å². The summed E-state index contributed by atoms with van der Waals surface area (Å²) in [5, 5.41) is 7.61. The second-order valence-electron chi connectivity index (χ2n) is 4.68. The molecule has 1 atom stereocenters. The second-order valence-corrected chi connectivity index (χ2v) is 4.68. The number of nitrogens with one attached hydrogen (secondary N) is 1. The molecule has 0 aromatic carbocycles. The van der Waals surface area contributed by atoms with Crippen LogP contribution in [0, 0.1) is 5.41 Å². The molecule has 1 aromatic heterocycles. The van der Waals surface area contributed by atoms with Crippen LogP contribution >= 0.6 is 0 Å². The Labute approximate surface area is 109 Å². The summed E-state index contributed by atoms with van der Waals surface area (Å²) in [6.07, 6.45) is 1.67. The zero-order chi connectivity index (χ0) is 13.7. The lowest BCUT2D eigenvalue weighted by Crippen LogP contribution is -2.41. The lowest BCUT2D eigenvalue weighted by Gasteiger charge is -2.32. The number of nitrogens with two attached hydrogens (primary N) is 1. The molecule has 1 unspecified atom stereocenters. The fourth-order valence-electron chi connectivity index (χ4n) is 2.18. The summed E-state index contributed by atoms with van der Waals surface area (Å²) in [5.41, 5.74) is 7.08. The fourth-order valence-corrected chi connectivity index (χ4v) is 2.18. The smallest absolute Gasteiger partial charge is 0.143 e. The van der Waals surface area contributed by atoms with Gasteiger partial charge in [-0.05, 0) is 40.1 Å². The van der Waals surface area contributed by atoms with Crippen LogP contribution in [0.25, 0.3) is 0 Å². The maximum atomic E-state index is 7.61. The summed E-state index contributed by atoms with van der Waals surface area (Å²) in [6, 6.07) is 4.19. The number of likely N-dealkylation sites (N-methyl/N-ethyl adjacent to an activating group) is 2. The molecule has 0 amide bonds. The zero-order valence-electron chi connectivity index (χ0n) is 11.6. The monoisotopic (exact) mass is 249 g/mol. The highest BCUT2D eigenvalue weighted by Gasteiger charge is 2.18. The van der Waals surface area contributed by atoms with E-state index in [1.165, 1.54) is 0 Å². The Hall–Kier alpha value is -1.62. The first-order valence-corrected chi connectivity index (χ1v) is 6.18. The maximum Gasteiger partial charge on any atom is 0.143 e. The molecule has 5 nitrogen and oxygen atoms in total. The van der Waals surface area contributed by atoms with E-state index in [-0.39, 0.29) is 5.84 Å². The number of pyridine rings is 1. The number of nitrogen functional groups attached to an aromatic ring is 1. The average molecular weight is 249 g/mol. The van der Waals surface area contributed by atoms with Gasteiger partial charge in [-0.2, -0.15) is 0 Å². The van der Waals surface area contributed by atoms with Crippen molar-refractivity contribution in [1.82, 2.24) is 9.88 Å². The van der Waals surface area contributed by atoms with Crippen LogP contribution in [-0.2, 0) is 0 Å². The second kappa shape index (κ2) is 6.35. The predicted molar refractivity (Wildman–Crippen MR) is 76.3 cm³/mol. The summed E-state index contributed by atoms with van der Waals surface area (Å²) < 4.78 is 0. The summed E-state index contributed by atoms with van der Waals surface area (Å²) in [5.74, 6) is 0.0149. The van der Waals surface area contributed by atoms with Crippen molar-refractivity contribution < 1.29 is 0 Å². The van der Waals surface area contributed by atoms with E-state index < -0.39 is 0 Å². The topological polar surface area (TPSA) is 69.2 Å². The number of aromatic nitrogens is 1. The van der Waals surface area contributed by atoms with Crippen LogP contribution in [0.2, 0.25) is 0 Å². The summed E-state index contributed by atoms with van der Waals surface area (Å²) in [4.78, 5) is 8.58. The Kier molecular flexibility index (Phi) is 5.09. The van der Waals surface area contributed by atoms with E-state index in [1.807, 2.05) is 12.1 Å². The van der Waals surface area contributed by atoms with E-state index in [1.54, 1.807) is 6.20 Å². The highest BCUT2D eigenvalue weighted by atomic mass is 15.2. The lowest BCUT2D eigenvalue weighted by molar-refractivity contribution is 0.373. The number of anilines is 1. The van der Waals surface area contributed by atoms with E-state index in [2.05, 4.69) is 42.7 Å². The van der Waals surface area contributed by atoms with Gasteiger partial charge in [0.1, 0.15) is 11.5 Å². The van der Waals surface area contributed by atoms with Gasteiger partial charge < -0.3 is 15.5 Å². The van der Waals surface area contributed by atoms with Crippen LogP contribution in [0.5, 0.6) is 0 Å². The molecule has 0 saturated carbocycles.